The normalized spacial score (nSPS) is 18.7. The minimum absolute atomic E-state index is 0.391. The number of imidazole rings is 1. The molecule has 4 heterocycles. The van der Waals surface area contributed by atoms with Gasteiger partial charge in [-0.1, -0.05) is 6.42 Å². The van der Waals surface area contributed by atoms with Crippen LogP contribution < -0.4 is 10.6 Å². The van der Waals surface area contributed by atoms with Crippen molar-refractivity contribution < 1.29 is 0 Å². The summed E-state index contributed by atoms with van der Waals surface area (Å²) in [6, 6.07) is 4.18. The predicted octanol–water partition coefficient (Wildman–Crippen LogP) is 1.74. The van der Waals surface area contributed by atoms with E-state index in [0.29, 0.717) is 6.04 Å². The standard InChI is InChI=1S/C16H19N7/c1-2-6-17-8-12(4-1)21-15-11-18-9-13(22-15)14-10-19-16-5-3-7-20-23(14)16/h3,5,7,9-12,17H,1-2,4,6,8H2,(H,21,22). The molecule has 1 aliphatic rings. The fourth-order valence-corrected chi connectivity index (χ4v) is 2.91. The molecule has 7 heteroatoms. The monoisotopic (exact) mass is 309 g/mol. The first-order valence-corrected chi connectivity index (χ1v) is 7.98. The second-order valence-electron chi connectivity index (χ2n) is 5.77. The number of aromatic nitrogens is 5. The predicted molar refractivity (Wildman–Crippen MR) is 88.1 cm³/mol. The molecule has 1 atom stereocenters. The zero-order valence-corrected chi connectivity index (χ0v) is 12.8. The molecule has 0 bridgehead atoms. The van der Waals surface area contributed by atoms with Crippen molar-refractivity contribution in [3.63, 3.8) is 0 Å². The third-order valence-corrected chi connectivity index (χ3v) is 4.07. The number of rotatable bonds is 3. The molecule has 0 radical (unpaired) electrons. The Kier molecular flexibility index (Phi) is 3.85. The number of fused-ring (bicyclic) bond motifs is 1. The van der Waals surface area contributed by atoms with Gasteiger partial charge in [-0.05, 0) is 31.5 Å². The van der Waals surface area contributed by atoms with E-state index in [-0.39, 0.29) is 0 Å². The van der Waals surface area contributed by atoms with Gasteiger partial charge in [-0.2, -0.15) is 5.10 Å². The summed E-state index contributed by atoms with van der Waals surface area (Å²) in [4.78, 5) is 13.4. The highest BCUT2D eigenvalue weighted by Gasteiger charge is 2.14. The van der Waals surface area contributed by atoms with E-state index in [4.69, 9.17) is 0 Å². The Labute approximate surface area is 134 Å². The Bertz CT molecular complexity index is 790. The highest BCUT2D eigenvalue weighted by molar-refractivity contribution is 5.59. The Balaban J connectivity index is 1.61. The van der Waals surface area contributed by atoms with Gasteiger partial charge in [0.2, 0.25) is 0 Å². The highest BCUT2D eigenvalue weighted by atomic mass is 15.3. The van der Waals surface area contributed by atoms with Crippen LogP contribution in [0.15, 0.2) is 36.9 Å². The van der Waals surface area contributed by atoms with Gasteiger partial charge >= 0.3 is 0 Å². The van der Waals surface area contributed by atoms with Gasteiger partial charge in [-0.25, -0.2) is 14.5 Å². The first-order chi connectivity index (χ1) is 11.4. The molecule has 7 nitrogen and oxygen atoms in total. The van der Waals surface area contributed by atoms with Crippen molar-refractivity contribution in [1.82, 2.24) is 29.9 Å². The Morgan fingerprint density at radius 2 is 2.22 bits per heavy atom. The van der Waals surface area contributed by atoms with Crippen LogP contribution in [0, 0.1) is 0 Å². The number of nitrogens with one attached hydrogen (secondary N) is 2. The van der Waals surface area contributed by atoms with Crippen molar-refractivity contribution in [1.29, 1.82) is 0 Å². The van der Waals surface area contributed by atoms with Crippen molar-refractivity contribution >= 4 is 11.5 Å². The fraction of sp³-hybridized carbons (Fsp3) is 0.375. The summed E-state index contributed by atoms with van der Waals surface area (Å²) >= 11 is 0. The lowest BCUT2D eigenvalue weighted by molar-refractivity contribution is 0.633. The fourth-order valence-electron chi connectivity index (χ4n) is 2.91. The van der Waals surface area contributed by atoms with Crippen molar-refractivity contribution in [2.24, 2.45) is 0 Å². The van der Waals surface area contributed by atoms with E-state index in [1.807, 2.05) is 12.1 Å². The van der Waals surface area contributed by atoms with Gasteiger partial charge in [-0.15, -0.1) is 0 Å². The lowest BCUT2D eigenvalue weighted by Gasteiger charge is -2.17. The lowest BCUT2D eigenvalue weighted by Crippen LogP contribution is -2.31. The van der Waals surface area contributed by atoms with Gasteiger partial charge in [0.05, 0.1) is 18.6 Å². The van der Waals surface area contributed by atoms with E-state index in [0.717, 1.165) is 42.4 Å². The third-order valence-electron chi connectivity index (χ3n) is 4.07. The first kappa shape index (κ1) is 14.1. The van der Waals surface area contributed by atoms with Crippen LogP contribution >= 0.6 is 0 Å². The maximum absolute atomic E-state index is 4.69. The Morgan fingerprint density at radius 1 is 1.22 bits per heavy atom. The zero-order chi connectivity index (χ0) is 15.5. The number of hydrogen-bond donors (Lipinski definition) is 2. The van der Waals surface area contributed by atoms with Gasteiger partial charge in [-0.3, -0.25) is 4.98 Å². The average molecular weight is 309 g/mol. The van der Waals surface area contributed by atoms with Crippen LogP contribution in [-0.2, 0) is 0 Å². The van der Waals surface area contributed by atoms with Crippen molar-refractivity contribution in [2.45, 2.75) is 25.3 Å². The smallest absolute Gasteiger partial charge is 0.154 e. The zero-order valence-electron chi connectivity index (χ0n) is 12.8. The van der Waals surface area contributed by atoms with E-state index in [1.165, 1.54) is 12.8 Å². The quantitative estimate of drug-likeness (QED) is 0.767. The topological polar surface area (TPSA) is 80.0 Å². The minimum Gasteiger partial charge on any atom is -0.365 e. The largest absolute Gasteiger partial charge is 0.365 e. The van der Waals surface area contributed by atoms with Gasteiger partial charge < -0.3 is 10.6 Å². The summed E-state index contributed by atoms with van der Waals surface area (Å²) in [5.41, 5.74) is 2.41. The summed E-state index contributed by atoms with van der Waals surface area (Å²) in [7, 11) is 0. The second kappa shape index (κ2) is 6.29. The molecule has 1 aliphatic heterocycles. The average Bonchev–Trinajstić information content (AvgIpc) is 2.85. The van der Waals surface area contributed by atoms with Crippen molar-refractivity contribution in [3.8, 4) is 11.4 Å². The molecule has 0 aromatic carbocycles. The van der Waals surface area contributed by atoms with Crippen LogP contribution in [0.25, 0.3) is 17.0 Å². The molecule has 2 N–H and O–H groups in total. The minimum atomic E-state index is 0.391. The highest BCUT2D eigenvalue weighted by Crippen LogP contribution is 2.19. The van der Waals surface area contributed by atoms with Crippen LogP contribution in [0.1, 0.15) is 19.3 Å². The molecule has 1 fully saturated rings. The molecule has 118 valence electrons. The molecule has 0 spiro atoms. The van der Waals surface area contributed by atoms with E-state index in [1.54, 1.807) is 29.3 Å². The van der Waals surface area contributed by atoms with Gasteiger partial charge in [0.1, 0.15) is 17.2 Å². The van der Waals surface area contributed by atoms with Crippen LogP contribution in [0.2, 0.25) is 0 Å². The Hall–Kier alpha value is -2.54. The molecular formula is C16H19N7. The van der Waals surface area contributed by atoms with Crippen LogP contribution in [0.4, 0.5) is 5.82 Å². The third kappa shape index (κ3) is 3.00. The van der Waals surface area contributed by atoms with E-state index < -0.39 is 0 Å². The van der Waals surface area contributed by atoms with Crippen LogP contribution in [-0.4, -0.2) is 43.7 Å². The molecule has 0 saturated carbocycles. The lowest BCUT2D eigenvalue weighted by atomic mass is 10.1. The summed E-state index contributed by atoms with van der Waals surface area (Å²) in [5, 5.41) is 11.3. The molecular weight excluding hydrogens is 290 g/mol. The molecule has 0 aliphatic carbocycles. The molecule has 4 rings (SSSR count). The summed E-state index contributed by atoms with van der Waals surface area (Å²) < 4.78 is 1.78. The van der Waals surface area contributed by atoms with Crippen molar-refractivity contribution in [3.05, 3.63) is 36.9 Å². The molecule has 1 unspecified atom stereocenters. The van der Waals surface area contributed by atoms with Gasteiger partial charge in [0.25, 0.3) is 0 Å². The van der Waals surface area contributed by atoms with Crippen molar-refractivity contribution in [2.75, 3.05) is 18.4 Å². The SMILES string of the molecule is c1cnn2c(-c3cncc(NC4CCCCNC4)n3)cnc2c1. The Morgan fingerprint density at radius 3 is 3.22 bits per heavy atom. The van der Waals surface area contributed by atoms with Crippen LogP contribution in [0.3, 0.4) is 0 Å². The van der Waals surface area contributed by atoms with E-state index in [2.05, 4.69) is 30.7 Å². The molecule has 23 heavy (non-hydrogen) atoms. The maximum atomic E-state index is 4.69. The molecule has 3 aromatic rings. The van der Waals surface area contributed by atoms with E-state index >= 15 is 0 Å². The number of anilines is 1. The molecule has 3 aromatic heterocycles. The summed E-state index contributed by atoms with van der Waals surface area (Å²) in [6.45, 7) is 2.06. The molecule has 0 amide bonds. The number of nitrogens with zero attached hydrogens (tertiary/aromatic N) is 5. The summed E-state index contributed by atoms with van der Waals surface area (Å²) in [6.07, 6.45) is 10.6. The van der Waals surface area contributed by atoms with Crippen LogP contribution in [0.5, 0.6) is 0 Å². The molecule has 1 saturated heterocycles. The van der Waals surface area contributed by atoms with E-state index in [9.17, 15) is 0 Å². The first-order valence-electron chi connectivity index (χ1n) is 7.98. The van der Waals surface area contributed by atoms with Gasteiger partial charge in [0, 0.05) is 18.8 Å². The maximum Gasteiger partial charge on any atom is 0.154 e. The van der Waals surface area contributed by atoms with Gasteiger partial charge in [0.15, 0.2) is 5.65 Å². The summed E-state index contributed by atoms with van der Waals surface area (Å²) in [5.74, 6) is 0.794. The number of hydrogen-bond acceptors (Lipinski definition) is 6. The second-order valence-corrected chi connectivity index (χ2v) is 5.77.